The van der Waals surface area contributed by atoms with E-state index in [2.05, 4.69) is 15.6 Å². The highest BCUT2D eigenvalue weighted by Crippen LogP contribution is 2.28. The van der Waals surface area contributed by atoms with Gasteiger partial charge in [-0.1, -0.05) is 5.16 Å². The molecule has 2 aromatic rings. The first-order valence-corrected chi connectivity index (χ1v) is 9.46. The predicted octanol–water partition coefficient (Wildman–Crippen LogP) is 2.33. The summed E-state index contributed by atoms with van der Waals surface area (Å²) in [5.41, 5.74) is 2.54. The van der Waals surface area contributed by atoms with Crippen molar-refractivity contribution in [1.29, 1.82) is 0 Å². The highest BCUT2D eigenvalue weighted by molar-refractivity contribution is 5.92. The lowest BCUT2D eigenvalue weighted by atomic mass is 9.91. The van der Waals surface area contributed by atoms with Crippen LogP contribution in [0.2, 0.25) is 0 Å². The second-order valence-corrected chi connectivity index (χ2v) is 7.41. The zero-order valence-corrected chi connectivity index (χ0v) is 15.0. The number of amides is 1. The molecule has 7 heteroatoms. The number of carbonyl (C=O) groups excluding carboxylic acids is 1. The first kappa shape index (κ1) is 17.0. The van der Waals surface area contributed by atoms with Crippen LogP contribution in [0.15, 0.2) is 21.5 Å². The Labute approximate surface area is 151 Å². The Bertz CT molecular complexity index is 862. The van der Waals surface area contributed by atoms with E-state index in [4.69, 9.17) is 4.52 Å². The monoisotopic (exact) mass is 356 g/mol. The fourth-order valence-corrected chi connectivity index (χ4v) is 4.04. The number of carbonyl (C=O) groups is 1. The second-order valence-electron chi connectivity index (χ2n) is 7.41. The van der Waals surface area contributed by atoms with E-state index >= 15 is 0 Å². The molecule has 1 amide bonds. The van der Waals surface area contributed by atoms with Gasteiger partial charge in [0.15, 0.2) is 5.69 Å². The van der Waals surface area contributed by atoms with Crippen molar-refractivity contribution in [3.63, 3.8) is 0 Å². The van der Waals surface area contributed by atoms with Crippen LogP contribution in [0.1, 0.15) is 72.1 Å². The first-order chi connectivity index (χ1) is 12.6. The minimum atomic E-state index is -0.200. The number of nitrogens with one attached hydrogen (secondary N) is 1. The molecule has 2 heterocycles. The fourth-order valence-electron chi connectivity index (χ4n) is 4.04. The molecule has 0 unspecified atom stereocenters. The SMILES string of the molecule is Cc1cc(C(=O)NC2CCC(n3nc4c(cc3=O)CCCC4)CC2)no1. The summed E-state index contributed by atoms with van der Waals surface area (Å²) in [4.78, 5) is 24.6. The van der Waals surface area contributed by atoms with Crippen LogP contribution in [0, 0.1) is 6.92 Å². The smallest absolute Gasteiger partial charge is 0.273 e. The highest BCUT2D eigenvalue weighted by atomic mass is 16.5. The summed E-state index contributed by atoms with van der Waals surface area (Å²) in [5, 5.41) is 11.4. The van der Waals surface area contributed by atoms with Gasteiger partial charge in [-0.3, -0.25) is 9.59 Å². The van der Waals surface area contributed by atoms with Crippen molar-refractivity contribution in [3.05, 3.63) is 45.2 Å². The standard InChI is InChI=1S/C19H24N4O3/c1-12-10-17(22-26-12)19(25)20-14-6-8-15(9-7-14)23-18(24)11-13-4-2-3-5-16(13)21-23/h10-11,14-15H,2-9H2,1H3,(H,20,25). The lowest BCUT2D eigenvalue weighted by Gasteiger charge is -2.30. The lowest BCUT2D eigenvalue weighted by Crippen LogP contribution is -2.40. The average molecular weight is 356 g/mol. The van der Waals surface area contributed by atoms with Crippen molar-refractivity contribution >= 4 is 5.91 Å². The van der Waals surface area contributed by atoms with E-state index in [0.717, 1.165) is 62.6 Å². The molecule has 0 radical (unpaired) electrons. The summed E-state index contributed by atoms with van der Waals surface area (Å²) >= 11 is 0. The second kappa shape index (κ2) is 7.05. The molecule has 1 fully saturated rings. The number of hydrogen-bond donors (Lipinski definition) is 1. The van der Waals surface area contributed by atoms with E-state index in [9.17, 15) is 9.59 Å². The normalized spacial score (nSPS) is 22.7. The minimum Gasteiger partial charge on any atom is -0.361 e. The van der Waals surface area contributed by atoms with Crippen molar-refractivity contribution in [1.82, 2.24) is 20.3 Å². The summed E-state index contributed by atoms with van der Waals surface area (Å²) in [7, 11) is 0. The molecule has 2 aliphatic carbocycles. The highest BCUT2D eigenvalue weighted by Gasteiger charge is 2.26. The maximum absolute atomic E-state index is 12.4. The van der Waals surface area contributed by atoms with Crippen molar-refractivity contribution in [3.8, 4) is 0 Å². The van der Waals surface area contributed by atoms with Crippen LogP contribution < -0.4 is 10.9 Å². The van der Waals surface area contributed by atoms with E-state index in [0.29, 0.717) is 11.5 Å². The van der Waals surface area contributed by atoms with E-state index < -0.39 is 0 Å². The molecule has 2 aromatic heterocycles. The Balaban J connectivity index is 1.39. The van der Waals surface area contributed by atoms with Crippen LogP contribution in [-0.2, 0) is 12.8 Å². The molecule has 0 aromatic carbocycles. The van der Waals surface area contributed by atoms with Crippen LogP contribution in [0.25, 0.3) is 0 Å². The number of fused-ring (bicyclic) bond motifs is 1. The maximum atomic E-state index is 12.4. The van der Waals surface area contributed by atoms with Crippen molar-refractivity contribution in [2.45, 2.75) is 70.4 Å². The Morgan fingerprint density at radius 3 is 2.69 bits per heavy atom. The molecule has 4 rings (SSSR count). The molecule has 2 aliphatic rings. The fraction of sp³-hybridized carbons (Fsp3) is 0.579. The molecule has 0 bridgehead atoms. The van der Waals surface area contributed by atoms with Crippen LogP contribution in [0.5, 0.6) is 0 Å². The number of aryl methyl sites for hydroxylation is 3. The van der Waals surface area contributed by atoms with Gasteiger partial charge in [0.2, 0.25) is 0 Å². The van der Waals surface area contributed by atoms with Crippen LogP contribution in [-0.4, -0.2) is 26.9 Å². The Morgan fingerprint density at radius 2 is 1.96 bits per heavy atom. The molecular weight excluding hydrogens is 332 g/mol. The molecular formula is C19H24N4O3. The lowest BCUT2D eigenvalue weighted by molar-refractivity contribution is 0.0912. The number of nitrogens with zero attached hydrogens (tertiary/aromatic N) is 3. The number of aromatic nitrogens is 3. The van der Waals surface area contributed by atoms with Gasteiger partial charge in [0.25, 0.3) is 11.5 Å². The van der Waals surface area contributed by atoms with Gasteiger partial charge in [0.05, 0.1) is 11.7 Å². The molecule has 0 spiro atoms. The molecule has 0 aliphatic heterocycles. The molecule has 1 N–H and O–H groups in total. The molecule has 1 saturated carbocycles. The van der Waals surface area contributed by atoms with Crippen molar-refractivity contribution in [2.24, 2.45) is 0 Å². The van der Waals surface area contributed by atoms with Crippen LogP contribution >= 0.6 is 0 Å². The Kier molecular flexibility index (Phi) is 4.61. The zero-order chi connectivity index (χ0) is 18.1. The van der Waals surface area contributed by atoms with Gasteiger partial charge in [-0.2, -0.15) is 5.10 Å². The van der Waals surface area contributed by atoms with Gasteiger partial charge >= 0.3 is 0 Å². The third-order valence-corrected chi connectivity index (χ3v) is 5.47. The molecule has 138 valence electrons. The van der Waals surface area contributed by atoms with Gasteiger partial charge in [-0.25, -0.2) is 4.68 Å². The van der Waals surface area contributed by atoms with Crippen LogP contribution in [0.3, 0.4) is 0 Å². The molecule has 0 atom stereocenters. The number of hydrogen-bond acceptors (Lipinski definition) is 5. The van der Waals surface area contributed by atoms with Gasteiger partial charge in [0.1, 0.15) is 5.76 Å². The summed E-state index contributed by atoms with van der Waals surface area (Å²) in [6.07, 6.45) is 7.59. The third kappa shape index (κ3) is 3.43. The number of rotatable bonds is 3. The minimum absolute atomic E-state index is 0.0104. The largest absolute Gasteiger partial charge is 0.361 e. The van der Waals surface area contributed by atoms with Crippen molar-refractivity contribution < 1.29 is 9.32 Å². The topological polar surface area (TPSA) is 90.0 Å². The Hall–Kier alpha value is -2.44. The van der Waals surface area contributed by atoms with E-state index in [-0.39, 0.29) is 23.6 Å². The summed E-state index contributed by atoms with van der Waals surface area (Å²) in [6.45, 7) is 1.76. The first-order valence-electron chi connectivity index (χ1n) is 9.46. The molecule has 26 heavy (non-hydrogen) atoms. The van der Waals surface area contributed by atoms with Gasteiger partial charge in [-0.15, -0.1) is 0 Å². The summed E-state index contributed by atoms with van der Waals surface area (Å²) < 4.78 is 6.63. The van der Waals surface area contributed by atoms with Crippen molar-refractivity contribution in [2.75, 3.05) is 0 Å². The van der Waals surface area contributed by atoms with E-state index in [1.807, 2.05) is 0 Å². The summed E-state index contributed by atoms with van der Waals surface area (Å²) in [6, 6.07) is 3.64. The third-order valence-electron chi connectivity index (χ3n) is 5.47. The summed E-state index contributed by atoms with van der Waals surface area (Å²) in [5.74, 6) is 0.422. The predicted molar refractivity (Wildman–Crippen MR) is 95.1 cm³/mol. The molecule has 7 nitrogen and oxygen atoms in total. The Morgan fingerprint density at radius 1 is 1.19 bits per heavy atom. The average Bonchev–Trinajstić information content (AvgIpc) is 3.08. The van der Waals surface area contributed by atoms with E-state index in [1.54, 1.807) is 23.7 Å². The van der Waals surface area contributed by atoms with Gasteiger partial charge < -0.3 is 9.84 Å². The maximum Gasteiger partial charge on any atom is 0.273 e. The van der Waals surface area contributed by atoms with E-state index in [1.165, 1.54) is 0 Å². The quantitative estimate of drug-likeness (QED) is 0.911. The zero-order valence-electron chi connectivity index (χ0n) is 15.0. The van der Waals surface area contributed by atoms with Gasteiger partial charge in [-0.05, 0) is 63.9 Å². The molecule has 0 saturated heterocycles. The van der Waals surface area contributed by atoms with Crippen LogP contribution in [0.4, 0.5) is 0 Å². The van der Waals surface area contributed by atoms with Gasteiger partial charge in [0, 0.05) is 18.2 Å².